The number of ether oxygens (including phenoxy) is 1. The van der Waals surface area contributed by atoms with Gasteiger partial charge < -0.3 is 10.1 Å². The number of carbonyl (C=O) groups is 1. The number of nitrogens with zero attached hydrogens (tertiary/aromatic N) is 4. The van der Waals surface area contributed by atoms with E-state index < -0.39 is 6.17 Å². The zero-order valence-electron chi connectivity index (χ0n) is 16.6. The van der Waals surface area contributed by atoms with Crippen LogP contribution < -0.4 is 5.32 Å². The van der Waals surface area contributed by atoms with E-state index in [2.05, 4.69) is 21.5 Å². The molecule has 1 aliphatic heterocycles. The number of nitrogens with one attached hydrogen (secondary N) is 1. The molecule has 30 heavy (non-hydrogen) atoms. The van der Waals surface area contributed by atoms with Gasteiger partial charge in [-0.15, -0.1) is 0 Å². The third kappa shape index (κ3) is 3.67. The first-order chi connectivity index (χ1) is 14.5. The van der Waals surface area contributed by atoms with E-state index in [0.717, 1.165) is 22.3 Å². The highest BCUT2D eigenvalue weighted by atomic mass is 19.1. The molecule has 1 atom stereocenters. The van der Waals surface area contributed by atoms with Crippen molar-refractivity contribution in [2.24, 2.45) is 0 Å². The summed E-state index contributed by atoms with van der Waals surface area (Å²) in [6.45, 7) is 4.45. The van der Waals surface area contributed by atoms with Crippen molar-refractivity contribution in [2.75, 3.05) is 6.54 Å². The second kappa shape index (κ2) is 8.05. The normalized spacial score (nSPS) is 13.6. The molecule has 3 aromatic rings. The lowest BCUT2D eigenvalue weighted by molar-refractivity contribution is 0.0535. The lowest BCUT2D eigenvalue weighted by atomic mass is 9.96. The summed E-state index contributed by atoms with van der Waals surface area (Å²) in [6, 6.07) is 7.18. The van der Waals surface area contributed by atoms with Crippen LogP contribution in [0, 0.1) is 25.2 Å². The Morgan fingerprint density at radius 1 is 1.37 bits per heavy atom. The maximum absolute atomic E-state index is 14.8. The van der Waals surface area contributed by atoms with Crippen LogP contribution in [0.2, 0.25) is 0 Å². The fraction of sp³-hybridized carbons (Fsp3) is 0.273. The lowest BCUT2D eigenvalue weighted by Gasteiger charge is -2.14. The number of esters is 1. The average Bonchev–Trinajstić information content (AvgIpc) is 3.36. The molecule has 0 saturated carbocycles. The number of hydrogen-bond acceptors (Lipinski definition) is 6. The van der Waals surface area contributed by atoms with Gasteiger partial charge in [-0.1, -0.05) is 6.07 Å². The van der Waals surface area contributed by atoms with Crippen LogP contribution in [0.15, 0.2) is 36.8 Å². The number of benzene rings is 1. The SMILES string of the molecule is Cc1cc(-n2cc(CNCC(F)c3ccc4c(c3C)COC4=O)cn2)ncc1C#N. The average molecular weight is 405 g/mol. The zero-order valence-corrected chi connectivity index (χ0v) is 16.6. The standard InChI is InChI=1S/C22H20FN5O2/c1-13-5-21(26-9-16(13)6-24)28-11-15(8-27-28)7-25-10-20(23)17-3-4-18-19(14(17)2)12-30-22(18)29/h3-5,8-9,11,20,25H,7,10,12H2,1-2H3. The van der Waals surface area contributed by atoms with Crippen molar-refractivity contribution < 1.29 is 13.9 Å². The molecule has 0 fully saturated rings. The molecule has 0 aliphatic carbocycles. The third-order valence-corrected chi connectivity index (χ3v) is 5.29. The van der Waals surface area contributed by atoms with E-state index >= 15 is 0 Å². The number of hydrogen-bond donors (Lipinski definition) is 1. The number of aromatic nitrogens is 3. The molecular formula is C22H20FN5O2. The number of carbonyl (C=O) groups excluding carboxylic acids is 1. The maximum atomic E-state index is 14.8. The van der Waals surface area contributed by atoms with Crippen LogP contribution in [0.4, 0.5) is 4.39 Å². The number of nitriles is 1. The molecule has 2 aromatic heterocycles. The molecule has 7 nitrogen and oxygen atoms in total. The summed E-state index contributed by atoms with van der Waals surface area (Å²) in [5, 5.41) is 16.4. The van der Waals surface area contributed by atoms with Gasteiger partial charge in [0.2, 0.25) is 0 Å². The van der Waals surface area contributed by atoms with Crippen molar-refractivity contribution in [3.63, 3.8) is 0 Å². The minimum atomic E-state index is -1.20. The largest absolute Gasteiger partial charge is 0.457 e. The van der Waals surface area contributed by atoms with Crippen LogP contribution in [0.1, 0.15) is 49.9 Å². The predicted octanol–water partition coefficient (Wildman–Crippen LogP) is 3.23. The summed E-state index contributed by atoms with van der Waals surface area (Å²) in [6.07, 6.45) is 3.83. The Kier molecular flexibility index (Phi) is 5.29. The predicted molar refractivity (Wildman–Crippen MR) is 107 cm³/mol. The van der Waals surface area contributed by atoms with E-state index in [1.807, 2.05) is 20.0 Å². The molecule has 0 bridgehead atoms. The first-order valence-electron chi connectivity index (χ1n) is 9.53. The van der Waals surface area contributed by atoms with E-state index in [4.69, 9.17) is 10.00 Å². The van der Waals surface area contributed by atoms with Gasteiger partial charge in [-0.05, 0) is 42.7 Å². The van der Waals surface area contributed by atoms with Crippen LogP contribution in [-0.2, 0) is 17.9 Å². The van der Waals surface area contributed by atoms with E-state index in [-0.39, 0.29) is 19.1 Å². The molecular weight excluding hydrogens is 385 g/mol. The van der Waals surface area contributed by atoms with Crippen LogP contribution in [-0.4, -0.2) is 27.3 Å². The molecule has 1 unspecified atom stereocenters. The van der Waals surface area contributed by atoms with Gasteiger partial charge in [0.1, 0.15) is 18.8 Å². The molecule has 152 valence electrons. The van der Waals surface area contributed by atoms with Gasteiger partial charge in [-0.2, -0.15) is 10.4 Å². The highest BCUT2D eigenvalue weighted by Gasteiger charge is 2.26. The highest BCUT2D eigenvalue weighted by molar-refractivity contribution is 5.93. The van der Waals surface area contributed by atoms with E-state index in [9.17, 15) is 9.18 Å². The minimum absolute atomic E-state index is 0.133. The van der Waals surface area contributed by atoms with Crippen molar-refractivity contribution in [2.45, 2.75) is 33.2 Å². The molecule has 0 amide bonds. The number of aryl methyl sites for hydroxylation is 1. The van der Waals surface area contributed by atoms with Crippen molar-refractivity contribution in [1.82, 2.24) is 20.1 Å². The number of pyridine rings is 1. The van der Waals surface area contributed by atoms with Crippen LogP contribution >= 0.6 is 0 Å². The van der Waals surface area contributed by atoms with E-state index in [0.29, 0.717) is 29.1 Å². The zero-order chi connectivity index (χ0) is 21.3. The molecule has 0 saturated heterocycles. The Bertz CT molecular complexity index is 1160. The van der Waals surface area contributed by atoms with E-state index in [1.54, 1.807) is 29.1 Å². The van der Waals surface area contributed by atoms with Crippen molar-refractivity contribution in [3.8, 4) is 11.9 Å². The fourth-order valence-corrected chi connectivity index (χ4v) is 3.52. The second-order valence-corrected chi connectivity index (χ2v) is 7.24. The highest BCUT2D eigenvalue weighted by Crippen LogP contribution is 2.30. The Hall–Kier alpha value is -3.57. The van der Waals surface area contributed by atoms with Crippen LogP contribution in [0.3, 0.4) is 0 Å². The first kappa shape index (κ1) is 19.7. The quantitative estimate of drug-likeness (QED) is 0.633. The maximum Gasteiger partial charge on any atom is 0.338 e. The Labute approximate surface area is 173 Å². The van der Waals surface area contributed by atoms with Gasteiger partial charge in [-0.3, -0.25) is 0 Å². The Morgan fingerprint density at radius 3 is 2.97 bits per heavy atom. The molecule has 4 rings (SSSR count). The molecule has 1 aromatic carbocycles. The molecule has 1 aliphatic rings. The monoisotopic (exact) mass is 405 g/mol. The van der Waals surface area contributed by atoms with E-state index in [1.165, 1.54) is 6.20 Å². The Morgan fingerprint density at radius 2 is 2.20 bits per heavy atom. The molecule has 3 heterocycles. The van der Waals surface area contributed by atoms with Gasteiger partial charge in [-0.25, -0.2) is 18.9 Å². The van der Waals surface area contributed by atoms with Gasteiger partial charge in [0.25, 0.3) is 0 Å². The van der Waals surface area contributed by atoms with Gasteiger partial charge in [0, 0.05) is 36.6 Å². The minimum Gasteiger partial charge on any atom is -0.457 e. The Balaban J connectivity index is 1.38. The number of fused-ring (bicyclic) bond motifs is 1. The molecule has 1 N–H and O–H groups in total. The fourth-order valence-electron chi connectivity index (χ4n) is 3.52. The van der Waals surface area contributed by atoms with Gasteiger partial charge >= 0.3 is 5.97 Å². The summed E-state index contributed by atoms with van der Waals surface area (Å²) in [5.74, 6) is 0.267. The molecule has 0 spiro atoms. The summed E-state index contributed by atoms with van der Waals surface area (Å²) >= 11 is 0. The van der Waals surface area contributed by atoms with Crippen LogP contribution in [0.25, 0.3) is 5.82 Å². The summed E-state index contributed by atoms with van der Waals surface area (Å²) in [4.78, 5) is 15.9. The second-order valence-electron chi connectivity index (χ2n) is 7.24. The number of halogens is 1. The summed E-state index contributed by atoms with van der Waals surface area (Å²) in [7, 11) is 0. The number of cyclic esters (lactones) is 1. The smallest absolute Gasteiger partial charge is 0.338 e. The molecule has 0 radical (unpaired) electrons. The van der Waals surface area contributed by atoms with Gasteiger partial charge in [0.15, 0.2) is 5.82 Å². The number of alkyl halides is 1. The van der Waals surface area contributed by atoms with Gasteiger partial charge in [0.05, 0.1) is 17.3 Å². The lowest BCUT2D eigenvalue weighted by Crippen LogP contribution is -2.19. The third-order valence-electron chi connectivity index (χ3n) is 5.29. The molecule has 8 heteroatoms. The number of rotatable bonds is 6. The topological polar surface area (TPSA) is 92.8 Å². The van der Waals surface area contributed by atoms with Crippen molar-refractivity contribution >= 4 is 5.97 Å². The summed E-state index contributed by atoms with van der Waals surface area (Å²) < 4.78 is 21.5. The van der Waals surface area contributed by atoms with Crippen LogP contribution in [0.5, 0.6) is 0 Å². The first-order valence-corrected chi connectivity index (χ1v) is 9.53. The van der Waals surface area contributed by atoms with Crippen molar-refractivity contribution in [1.29, 1.82) is 5.26 Å². The summed E-state index contributed by atoms with van der Waals surface area (Å²) in [5.41, 5.74) is 4.86. The van der Waals surface area contributed by atoms with Crippen molar-refractivity contribution in [3.05, 3.63) is 75.7 Å².